The second-order valence-electron chi connectivity index (χ2n) is 4.57. The zero-order valence-corrected chi connectivity index (χ0v) is 12.0. The molecule has 1 rings (SSSR count). The number of thiazole rings is 1. The van der Waals surface area contributed by atoms with Crippen molar-refractivity contribution in [2.75, 3.05) is 18.5 Å². The zero-order chi connectivity index (χ0) is 12.8. The van der Waals surface area contributed by atoms with E-state index < -0.39 is 0 Å². The molecule has 1 atom stereocenters. The molecule has 0 bridgehead atoms. The van der Waals surface area contributed by atoms with Gasteiger partial charge in [0.2, 0.25) is 0 Å². The molecule has 1 unspecified atom stereocenters. The van der Waals surface area contributed by atoms with E-state index in [1.165, 1.54) is 11.3 Å². The molecule has 0 radical (unpaired) electrons. The third kappa shape index (κ3) is 3.80. The first-order chi connectivity index (χ1) is 8.12. The largest absolute Gasteiger partial charge is 0.351 e. The van der Waals surface area contributed by atoms with Crippen molar-refractivity contribution in [2.24, 2.45) is 5.92 Å². The van der Waals surface area contributed by atoms with Gasteiger partial charge in [-0.15, -0.1) is 0 Å². The van der Waals surface area contributed by atoms with Crippen molar-refractivity contribution in [3.63, 3.8) is 0 Å². The van der Waals surface area contributed by atoms with Gasteiger partial charge in [0.05, 0.1) is 10.6 Å². The molecule has 0 saturated carbocycles. The molecule has 0 amide bonds. The minimum absolute atomic E-state index is 0.651. The molecule has 0 saturated heterocycles. The number of carbonyl (C=O) groups excluding carboxylic acids is 1. The van der Waals surface area contributed by atoms with Crippen LogP contribution in [-0.4, -0.2) is 24.9 Å². The highest BCUT2D eigenvalue weighted by Gasteiger charge is 2.14. The Balaban J connectivity index is 2.79. The molecular formula is C13H22N2OS. The molecule has 0 aromatic carbocycles. The highest BCUT2D eigenvalue weighted by atomic mass is 32.1. The molecule has 0 aliphatic rings. The molecule has 0 N–H and O–H groups in total. The van der Waals surface area contributed by atoms with Crippen molar-refractivity contribution in [2.45, 2.75) is 40.0 Å². The first kappa shape index (κ1) is 14.2. The van der Waals surface area contributed by atoms with Crippen LogP contribution in [-0.2, 0) is 6.42 Å². The molecule has 0 aliphatic heterocycles. The van der Waals surface area contributed by atoms with Crippen LogP contribution in [0, 0.1) is 5.92 Å². The van der Waals surface area contributed by atoms with E-state index in [4.69, 9.17) is 0 Å². The molecule has 0 aliphatic carbocycles. The molecule has 3 nitrogen and oxygen atoms in total. The van der Waals surface area contributed by atoms with Crippen molar-refractivity contribution >= 4 is 22.8 Å². The minimum atomic E-state index is 0.651. The van der Waals surface area contributed by atoms with E-state index in [-0.39, 0.29) is 0 Å². The van der Waals surface area contributed by atoms with Gasteiger partial charge in [-0.2, -0.15) is 0 Å². The van der Waals surface area contributed by atoms with E-state index in [0.717, 1.165) is 47.8 Å². The number of nitrogens with zero attached hydrogens (tertiary/aromatic N) is 2. The quantitative estimate of drug-likeness (QED) is 0.699. The van der Waals surface area contributed by atoms with Crippen LogP contribution < -0.4 is 4.90 Å². The lowest BCUT2D eigenvalue weighted by Gasteiger charge is -2.19. The molecule has 1 heterocycles. The van der Waals surface area contributed by atoms with Crippen LogP contribution in [0.3, 0.4) is 0 Å². The van der Waals surface area contributed by atoms with Crippen LogP contribution in [0.5, 0.6) is 0 Å². The summed E-state index contributed by atoms with van der Waals surface area (Å²) in [5, 5.41) is 0.968. The second-order valence-corrected chi connectivity index (χ2v) is 5.58. The van der Waals surface area contributed by atoms with E-state index in [1.54, 1.807) is 0 Å². The van der Waals surface area contributed by atoms with Gasteiger partial charge in [-0.05, 0) is 12.3 Å². The van der Waals surface area contributed by atoms with E-state index in [0.29, 0.717) is 5.92 Å². The number of aromatic nitrogens is 1. The number of hydrogen-bond donors (Lipinski definition) is 0. The van der Waals surface area contributed by atoms with Gasteiger partial charge < -0.3 is 4.90 Å². The smallest absolute Gasteiger partial charge is 0.185 e. The fourth-order valence-electron chi connectivity index (χ4n) is 1.70. The van der Waals surface area contributed by atoms with Crippen LogP contribution >= 0.6 is 11.3 Å². The Morgan fingerprint density at radius 1 is 1.47 bits per heavy atom. The molecule has 1 aromatic heterocycles. The topological polar surface area (TPSA) is 33.2 Å². The number of aryl methyl sites for hydroxylation is 1. The standard InChI is InChI=1S/C13H22N2OS/c1-5-7-11-12(9-16)17-13(14-11)15(4)8-10(3)6-2/h9-10H,5-8H2,1-4H3. The molecule has 0 spiro atoms. The highest BCUT2D eigenvalue weighted by Crippen LogP contribution is 2.26. The minimum Gasteiger partial charge on any atom is -0.351 e. The maximum absolute atomic E-state index is 11.0. The van der Waals surface area contributed by atoms with Crippen LogP contribution in [0.1, 0.15) is 49.0 Å². The van der Waals surface area contributed by atoms with Gasteiger partial charge in [0.25, 0.3) is 0 Å². The summed E-state index contributed by atoms with van der Waals surface area (Å²) < 4.78 is 0. The average molecular weight is 254 g/mol. The monoisotopic (exact) mass is 254 g/mol. The first-order valence-electron chi connectivity index (χ1n) is 6.28. The Morgan fingerprint density at radius 2 is 2.18 bits per heavy atom. The third-order valence-corrected chi connectivity index (χ3v) is 4.06. The van der Waals surface area contributed by atoms with Crippen LogP contribution in [0.2, 0.25) is 0 Å². The predicted molar refractivity (Wildman–Crippen MR) is 74.2 cm³/mol. The molecule has 0 fully saturated rings. The van der Waals surface area contributed by atoms with Crippen molar-refractivity contribution in [3.8, 4) is 0 Å². The fraction of sp³-hybridized carbons (Fsp3) is 0.692. The van der Waals surface area contributed by atoms with Gasteiger partial charge in [0, 0.05) is 13.6 Å². The lowest BCUT2D eigenvalue weighted by molar-refractivity contribution is 0.112. The normalized spacial score (nSPS) is 12.5. The summed E-state index contributed by atoms with van der Waals surface area (Å²) in [5.41, 5.74) is 0.957. The third-order valence-electron chi connectivity index (χ3n) is 2.92. The van der Waals surface area contributed by atoms with Crippen molar-refractivity contribution in [3.05, 3.63) is 10.6 Å². The Kier molecular flexibility index (Phi) is 5.62. The molecule has 1 aromatic rings. The Bertz CT molecular complexity index is 362. The van der Waals surface area contributed by atoms with Crippen molar-refractivity contribution in [1.29, 1.82) is 0 Å². The van der Waals surface area contributed by atoms with Gasteiger partial charge in [-0.3, -0.25) is 4.79 Å². The lowest BCUT2D eigenvalue weighted by Crippen LogP contribution is -2.23. The molecule has 4 heteroatoms. The highest BCUT2D eigenvalue weighted by molar-refractivity contribution is 7.17. The Morgan fingerprint density at radius 3 is 2.71 bits per heavy atom. The van der Waals surface area contributed by atoms with Gasteiger partial charge in [-0.1, -0.05) is 44.9 Å². The molecule has 96 valence electrons. The first-order valence-corrected chi connectivity index (χ1v) is 7.09. The second kappa shape index (κ2) is 6.74. The van der Waals surface area contributed by atoms with E-state index >= 15 is 0 Å². The number of aldehydes is 1. The Hall–Kier alpha value is -0.900. The van der Waals surface area contributed by atoms with E-state index in [1.807, 2.05) is 0 Å². The lowest BCUT2D eigenvalue weighted by atomic mass is 10.1. The van der Waals surface area contributed by atoms with Crippen molar-refractivity contribution in [1.82, 2.24) is 4.98 Å². The summed E-state index contributed by atoms with van der Waals surface area (Å²) in [4.78, 5) is 18.5. The zero-order valence-electron chi connectivity index (χ0n) is 11.2. The van der Waals surface area contributed by atoms with Crippen molar-refractivity contribution < 1.29 is 4.79 Å². The molecular weight excluding hydrogens is 232 g/mol. The average Bonchev–Trinajstić information content (AvgIpc) is 2.72. The number of anilines is 1. The SMILES string of the molecule is CCCc1nc(N(C)CC(C)CC)sc1C=O. The summed E-state index contributed by atoms with van der Waals surface area (Å²) in [7, 11) is 2.05. The summed E-state index contributed by atoms with van der Waals surface area (Å²) >= 11 is 1.51. The van der Waals surface area contributed by atoms with E-state index in [9.17, 15) is 4.79 Å². The summed E-state index contributed by atoms with van der Waals surface area (Å²) in [6, 6.07) is 0. The van der Waals surface area contributed by atoms with E-state index in [2.05, 4.69) is 37.7 Å². The summed E-state index contributed by atoms with van der Waals surface area (Å²) in [5.74, 6) is 0.651. The number of hydrogen-bond acceptors (Lipinski definition) is 4. The number of carbonyl (C=O) groups is 1. The van der Waals surface area contributed by atoms with Gasteiger partial charge >= 0.3 is 0 Å². The van der Waals surface area contributed by atoms with Gasteiger partial charge in [0.1, 0.15) is 0 Å². The Labute approximate surface area is 108 Å². The fourth-order valence-corrected chi connectivity index (χ4v) is 2.59. The van der Waals surface area contributed by atoms with Crippen LogP contribution in [0.4, 0.5) is 5.13 Å². The van der Waals surface area contributed by atoms with Gasteiger partial charge in [0.15, 0.2) is 11.4 Å². The van der Waals surface area contributed by atoms with Gasteiger partial charge in [-0.25, -0.2) is 4.98 Å². The maximum atomic E-state index is 11.0. The summed E-state index contributed by atoms with van der Waals surface area (Å²) in [6.45, 7) is 7.53. The predicted octanol–water partition coefficient (Wildman–Crippen LogP) is 3.39. The summed E-state index contributed by atoms with van der Waals surface area (Å²) in [6.07, 6.45) is 4.02. The van der Waals surface area contributed by atoms with Crippen LogP contribution in [0.15, 0.2) is 0 Å². The van der Waals surface area contributed by atoms with Crippen LogP contribution in [0.25, 0.3) is 0 Å². The molecule has 17 heavy (non-hydrogen) atoms. The number of rotatable bonds is 7. The maximum Gasteiger partial charge on any atom is 0.185 e.